The van der Waals surface area contributed by atoms with E-state index in [0.29, 0.717) is 0 Å². The predicted molar refractivity (Wildman–Crippen MR) is 103 cm³/mol. The molecule has 0 amide bonds. The first-order valence-electron chi connectivity index (χ1n) is 8.66. The number of carbonyl (C=O) groups is 1. The predicted octanol–water partition coefficient (Wildman–Crippen LogP) is 4.31. The first-order valence-corrected chi connectivity index (χ1v) is 8.66. The molecule has 3 rings (SSSR count). The maximum Gasteiger partial charge on any atom is 0.335 e. The molecular weight excluding hydrogens is 324 g/mol. The standard InChI is InChI=1S/C23H22O3/c1-17-6-5-9-21(14-17)20-12-10-18(11-13-20)15-22(24)23(25)26-16-19-7-3-2-4-8-19/h2-14,22,24H,15-16H2,1H3. The molecule has 3 aromatic carbocycles. The number of aryl methyl sites for hydroxylation is 1. The molecular formula is C23H22O3. The number of aliphatic hydroxyl groups is 1. The van der Waals surface area contributed by atoms with Crippen LogP contribution in [0.3, 0.4) is 0 Å². The summed E-state index contributed by atoms with van der Waals surface area (Å²) >= 11 is 0. The van der Waals surface area contributed by atoms with E-state index < -0.39 is 12.1 Å². The van der Waals surface area contributed by atoms with Crippen LogP contribution in [0.4, 0.5) is 0 Å². The number of ether oxygens (including phenoxy) is 1. The second-order valence-corrected chi connectivity index (χ2v) is 6.38. The summed E-state index contributed by atoms with van der Waals surface area (Å²) < 4.78 is 5.18. The summed E-state index contributed by atoms with van der Waals surface area (Å²) in [6.45, 7) is 2.23. The SMILES string of the molecule is Cc1cccc(-c2ccc(CC(O)C(=O)OCc3ccccc3)cc2)c1. The van der Waals surface area contributed by atoms with Crippen molar-refractivity contribution in [2.24, 2.45) is 0 Å². The highest BCUT2D eigenvalue weighted by molar-refractivity contribution is 5.75. The highest BCUT2D eigenvalue weighted by Crippen LogP contribution is 2.21. The molecule has 1 unspecified atom stereocenters. The Hall–Kier alpha value is -2.91. The molecule has 3 aromatic rings. The van der Waals surface area contributed by atoms with Crippen LogP contribution < -0.4 is 0 Å². The van der Waals surface area contributed by atoms with Crippen LogP contribution in [0.5, 0.6) is 0 Å². The van der Waals surface area contributed by atoms with Crippen LogP contribution in [0.15, 0.2) is 78.9 Å². The van der Waals surface area contributed by atoms with Gasteiger partial charge in [0.15, 0.2) is 6.10 Å². The third kappa shape index (κ3) is 4.80. The van der Waals surface area contributed by atoms with Crippen LogP contribution in [-0.4, -0.2) is 17.2 Å². The maximum atomic E-state index is 12.0. The molecule has 3 heteroatoms. The highest BCUT2D eigenvalue weighted by Gasteiger charge is 2.17. The summed E-state index contributed by atoms with van der Waals surface area (Å²) in [7, 11) is 0. The highest BCUT2D eigenvalue weighted by atomic mass is 16.5. The minimum atomic E-state index is -1.16. The second kappa shape index (κ2) is 8.45. The van der Waals surface area contributed by atoms with Gasteiger partial charge in [-0.05, 0) is 29.2 Å². The molecule has 0 bridgehead atoms. The van der Waals surface area contributed by atoms with Gasteiger partial charge in [0.2, 0.25) is 0 Å². The number of benzene rings is 3. The zero-order valence-electron chi connectivity index (χ0n) is 14.8. The Labute approximate surface area is 153 Å². The summed E-state index contributed by atoms with van der Waals surface area (Å²) in [6, 6.07) is 25.6. The Balaban J connectivity index is 1.57. The molecule has 0 radical (unpaired) electrons. The molecule has 0 saturated carbocycles. The van der Waals surface area contributed by atoms with E-state index in [2.05, 4.69) is 25.1 Å². The summed E-state index contributed by atoms with van der Waals surface area (Å²) in [5.74, 6) is -0.600. The van der Waals surface area contributed by atoms with E-state index in [1.165, 1.54) is 5.56 Å². The first kappa shape index (κ1) is 17.9. The minimum absolute atomic E-state index is 0.170. The van der Waals surface area contributed by atoms with Gasteiger partial charge < -0.3 is 9.84 Å². The number of hydrogen-bond acceptors (Lipinski definition) is 3. The van der Waals surface area contributed by atoms with Crippen molar-refractivity contribution < 1.29 is 14.6 Å². The molecule has 0 saturated heterocycles. The van der Waals surface area contributed by atoms with Crippen molar-refractivity contribution in [3.05, 3.63) is 95.6 Å². The molecule has 26 heavy (non-hydrogen) atoms. The fourth-order valence-corrected chi connectivity index (χ4v) is 2.79. The van der Waals surface area contributed by atoms with Gasteiger partial charge in [0.1, 0.15) is 6.61 Å². The molecule has 0 aliphatic heterocycles. The van der Waals surface area contributed by atoms with E-state index in [-0.39, 0.29) is 13.0 Å². The van der Waals surface area contributed by atoms with Crippen LogP contribution in [0.2, 0.25) is 0 Å². The molecule has 0 spiro atoms. The van der Waals surface area contributed by atoms with Gasteiger partial charge in [-0.2, -0.15) is 0 Å². The lowest BCUT2D eigenvalue weighted by Gasteiger charge is -2.11. The van der Waals surface area contributed by atoms with Crippen LogP contribution in [0.1, 0.15) is 16.7 Å². The number of aliphatic hydroxyl groups excluding tert-OH is 1. The summed E-state index contributed by atoms with van der Waals surface area (Å²) in [4.78, 5) is 12.0. The van der Waals surface area contributed by atoms with Gasteiger partial charge in [-0.15, -0.1) is 0 Å². The molecule has 1 atom stereocenters. The Morgan fingerprint density at radius 2 is 1.62 bits per heavy atom. The van der Waals surface area contributed by atoms with Gasteiger partial charge in [0.05, 0.1) is 0 Å². The normalized spacial score (nSPS) is 11.8. The van der Waals surface area contributed by atoms with E-state index in [1.54, 1.807) is 0 Å². The van der Waals surface area contributed by atoms with E-state index >= 15 is 0 Å². The fraction of sp³-hybridized carbons (Fsp3) is 0.174. The van der Waals surface area contributed by atoms with Crippen LogP contribution in [0.25, 0.3) is 11.1 Å². The average Bonchev–Trinajstić information content (AvgIpc) is 2.67. The lowest BCUT2D eigenvalue weighted by molar-refractivity contribution is -0.154. The van der Waals surface area contributed by atoms with Gasteiger partial charge in [-0.3, -0.25) is 0 Å². The Morgan fingerprint density at radius 1 is 0.885 bits per heavy atom. The van der Waals surface area contributed by atoms with Gasteiger partial charge in [0, 0.05) is 6.42 Å². The molecule has 0 heterocycles. The van der Waals surface area contributed by atoms with Crippen LogP contribution in [-0.2, 0) is 22.6 Å². The van der Waals surface area contributed by atoms with Crippen molar-refractivity contribution in [1.82, 2.24) is 0 Å². The minimum Gasteiger partial charge on any atom is -0.459 e. The summed E-state index contributed by atoms with van der Waals surface area (Å²) in [6.07, 6.45) is -0.926. The van der Waals surface area contributed by atoms with Crippen molar-refractivity contribution in [1.29, 1.82) is 0 Å². The second-order valence-electron chi connectivity index (χ2n) is 6.38. The third-order valence-electron chi connectivity index (χ3n) is 4.23. The Kier molecular flexibility index (Phi) is 5.82. The fourth-order valence-electron chi connectivity index (χ4n) is 2.79. The molecule has 0 aromatic heterocycles. The van der Waals surface area contributed by atoms with Crippen LogP contribution in [0, 0.1) is 6.92 Å². The molecule has 0 fully saturated rings. The first-order chi connectivity index (χ1) is 12.6. The topological polar surface area (TPSA) is 46.5 Å². The van der Waals surface area contributed by atoms with Crippen molar-refractivity contribution >= 4 is 5.97 Å². The van der Waals surface area contributed by atoms with Gasteiger partial charge in [-0.25, -0.2) is 4.79 Å². The number of carbonyl (C=O) groups excluding carboxylic acids is 1. The number of hydrogen-bond donors (Lipinski definition) is 1. The van der Waals surface area contributed by atoms with Gasteiger partial charge >= 0.3 is 5.97 Å². The zero-order valence-corrected chi connectivity index (χ0v) is 14.8. The lowest BCUT2D eigenvalue weighted by atomic mass is 10.0. The zero-order chi connectivity index (χ0) is 18.4. The molecule has 3 nitrogen and oxygen atoms in total. The Bertz CT molecular complexity index is 854. The quantitative estimate of drug-likeness (QED) is 0.677. The average molecular weight is 346 g/mol. The third-order valence-corrected chi connectivity index (χ3v) is 4.23. The van der Waals surface area contributed by atoms with E-state index in [4.69, 9.17) is 4.74 Å². The smallest absolute Gasteiger partial charge is 0.335 e. The van der Waals surface area contributed by atoms with Crippen molar-refractivity contribution in [3.63, 3.8) is 0 Å². The molecule has 0 aliphatic carbocycles. The maximum absolute atomic E-state index is 12.0. The summed E-state index contributed by atoms with van der Waals surface area (Å²) in [5.41, 5.74) is 5.27. The molecule has 0 aliphatic rings. The van der Waals surface area contributed by atoms with Crippen molar-refractivity contribution in [2.45, 2.75) is 26.1 Å². The van der Waals surface area contributed by atoms with Crippen molar-refractivity contribution in [3.8, 4) is 11.1 Å². The lowest BCUT2D eigenvalue weighted by Crippen LogP contribution is -2.25. The molecule has 1 N–H and O–H groups in total. The van der Waals surface area contributed by atoms with Crippen LogP contribution >= 0.6 is 0 Å². The monoisotopic (exact) mass is 346 g/mol. The molecule has 132 valence electrons. The summed E-state index contributed by atoms with van der Waals surface area (Å²) in [5, 5.41) is 10.1. The Morgan fingerprint density at radius 3 is 2.31 bits per heavy atom. The number of rotatable bonds is 6. The van der Waals surface area contributed by atoms with Gasteiger partial charge in [0.25, 0.3) is 0 Å². The largest absolute Gasteiger partial charge is 0.459 e. The van der Waals surface area contributed by atoms with E-state index in [1.807, 2.05) is 60.7 Å². The van der Waals surface area contributed by atoms with E-state index in [0.717, 1.165) is 22.3 Å². The van der Waals surface area contributed by atoms with Crippen molar-refractivity contribution in [2.75, 3.05) is 0 Å². The van der Waals surface area contributed by atoms with E-state index in [9.17, 15) is 9.90 Å². The number of esters is 1. The van der Waals surface area contributed by atoms with Gasteiger partial charge in [-0.1, -0.05) is 84.4 Å².